The van der Waals surface area contributed by atoms with Crippen molar-refractivity contribution in [2.45, 2.75) is 6.10 Å². The zero-order valence-corrected chi connectivity index (χ0v) is 11.1. The van der Waals surface area contributed by atoms with Gasteiger partial charge in [-0.3, -0.25) is 9.97 Å². The highest BCUT2D eigenvalue weighted by Crippen LogP contribution is 2.26. The van der Waals surface area contributed by atoms with Gasteiger partial charge in [-0.1, -0.05) is 18.2 Å². The number of fused-ring (bicyclic) bond motifs is 2. The SMILES string of the molecule is OC(c1cnc2ccccc2c1)c1cnn2ccncc12. The van der Waals surface area contributed by atoms with Gasteiger partial charge >= 0.3 is 0 Å². The lowest BCUT2D eigenvalue weighted by atomic mass is 10.0. The molecule has 0 saturated heterocycles. The van der Waals surface area contributed by atoms with Crippen LogP contribution in [0.4, 0.5) is 0 Å². The minimum Gasteiger partial charge on any atom is -0.383 e. The van der Waals surface area contributed by atoms with Crippen molar-refractivity contribution in [1.82, 2.24) is 19.6 Å². The predicted molar refractivity (Wildman–Crippen MR) is 78.8 cm³/mol. The second-order valence-electron chi connectivity index (χ2n) is 4.87. The topological polar surface area (TPSA) is 63.3 Å². The van der Waals surface area contributed by atoms with Gasteiger partial charge in [0.15, 0.2) is 0 Å². The van der Waals surface area contributed by atoms with Crippen LogP contribution >= 0.6 is 0 Å². The number of aliphatic hydroxyl groups excluding tert-OH is 1. The third kappa shape index (κ3) is 1.95. The maximum Gasteiger partial charge on any atom is 0.109 e. The maximum absolute atomic E-state index is 10.6. The molecule has 0 bridgehead atoms. The van der Waals surface area contributed by atoms with E-state index in [1.54, 1.807) is 35.5 Å². The highest BCUT2D eigenvalue weighted by atomic mass is 16.3. The van der Waals surface area contributed by atoms with Crippen LogP contribution < -0.4 is 0 Å². The van der Waals surface area contributed by atoms with Crippen LogP contribution in [0.1, 0.15) is 17.2 Å². The molecule has 5 nitrogen and oxygen atoms in total. The smallest absolute Gasteiger partial charge is 0.109 e. The summed E-state index contributed by atoms with van der Waals surface area (Å²) in [5.41, 5.74) is 3.17. The number of rotatable bonds is 2. The van der Waals surface area contributed by atoms with Crippen molar-refractivity contribution in [1.29, 1.82) is 0 Å². The fourth-order valence-electron chi connectivity index (χ4n) is 2.48. The fraction of sp³-hybridized carbons (Fsp3) is 0.0625. The van der Waals surface area contributed by atoms with E-state index in [4.69, 9.17) is 0 Å². The Bertz CT molecular complexity index is 932. The van der Waals surface area contributed by atoms with E-state index in [1.165, 1.54) is 0 Å². The van der Waals surface area contributed by atoms with E-state index in [-0.39, 0.29) is 0 Å². The van der Waals surface area contributed by atoms with Crippen molar-refractivity contribution in [2.75, 3.05) is 0 Å². The number of pyridine rings is 1. The van der Waals surface area contributed by atoms with Crippen molar-refractivity contribution in [3.63, 3.8) is 0 Å². The van der Waals surface area contributed by atoms with Crippen LogP contribution in [0.2, 0.25) is 0 Å². The largest absolute Gasteiger partial charge is 0.383 e. The zero-order chi connectivity index (χ0) is 14.2. The third-order valence-electron chi connectivity index (χ3n) is 3.58. The van der Waals surface area contributed by atoms with E-state index in [0.29, 0.717) is 0 Å². The zero-order valence-electron chi connectivity index (χ0n) is 11.1. The first kappa shape index (κ1) is 12.0. The summed E-state index contributed by atoms with van der Waals surface area (Å²) in [6, 6.07) is 9.79. The van der Waals surface area contributed by atoms with Gasteiger partial charge in [0.05, 0.1) is 23.4 Å². The molecule has 0 aliphatic carbocycles. The molecule has 4 rings (SSSR count). The Morgan fingerprint density at radius 1 is 1.10 bits per heavy atom. The number of benzene rings is 1. The van der Waals surface area contributed by atoms with Gasteiger partial charge < -0.3 is 5.11 Å². The number of hydrogen-bond donors (Lipinski definition) is 1. The minimum absolute atomic E-state index is 0.722. The molecule has 102 valence electrons. The normalized spacial score (nSPS) is 12.8. The van der Waals surface area contributed by atoms with E-state index in [9.17, 15) is 5.11 Å². The molecular weight excluding hydrogens is 264 g/mol. The molecule has 0 spiro atoms. The van der Waals surface area contributed by atoms with Crippen LogP contribution in [0.25, 0.3) is 16.4 Å². The first-order chi connectivity index (χ1) is 10.3. The van der Waals surface area contributed by atoms with Crippen molar-refractivity contribution in [3.05, 3.63) is 72.4 Å². The summed E-state index contributed by atoms with van der Waals surface area (Å²) < 4.78 is 1.69. The van der Waals surface area contributed by atoms with E-state index in [2.05, 4.69) is 15.1 Å². The molecule has 1 unspecified atom stereocenters. The fourth-order valence-corrected chi connectivity index (χ4v) is 2.48. The van der Waals surface area contributed by atoms with Crippen LogP contribution in [-0.2, 0) is 0 Å². The summed E-state index contributed by atoms with van der Waals surface area (Å²) >= 11 is 0. The first-order valence-corrected chi connectivity index (χ1v) is 6.63. The number of nitrogens with zero attached hydrogens (tertiary/aromatic N) is 4. The Labute approximate surface area is 120 Å². The molecule has 0 amide bonds. The number of para-hydroxylation sites is 1. The van der Waals surface area contributed by atoms with E-state index in [1.807, 2.05) is 30.3 Å². The Balaban J connectivity index is 1.83. The van der Waals surface area contributed by atoms with Crippen molar-refractivity contribution >= 4 is 16.4 Å². The lowest BCUT2D eigenvalue weighted by molar-refractivity contribution is 0.221. The Morgan fingerprint density at radius 3 is 2.95 bits per heavy atom. The summed E-state index contributed by atoms with van der Waals surface area (Å²) in [4.78, 5) is 8.47. The first-order valence-electron chi connectivity index (χ1n) is 6.63. The minimum atomic E-state index is -0.774. The van der Waals surface area contributed by atoms with Crippen molar-refractivity contribution < 1.29 is 5.11 Å². The van der Waals surface area contributed by atoms with Gasteiger partial charge in [0, 0.05) is 35.1 Å². The van der Waals surface area contributed by atoms with Gasteiger partial charge in [-0.05, 0) is 12.1 Å². The highest BCUT2D eigenvalue weighted by molar-refractivity contribution is 5.79. The molecule has 0 aliphatic heterocycles. The van der Waals surface area contributed by atoms with Crippen molar-refractivity contribution in [3.8, 4) is 0 Å². The third-order valence-corrected chi connectivity index (χ3v) is 3.58. The molecule has 5 heteroatoms. The molecule has 1 aromatic carbocycles. The number of hydrogen-bond acceptors (Lipinski definition) is 4. The summed E-state index contributed by atoms with van der Waals surface area (Å²) in [6.07, 6.45) is 7.70. The molecule has 3 aromatic heterocycles. The average molecular weight is 276 g/mol. The Kier molecular flexibility index (Phi) is 2.65. The lowest BCUT2D eigenvalue weighted by Gasteiger charge is -2.10. The van der Waals surface area contributed by atoms with Crippen LogP contribution in [0.5, 0.6) is 0 Å². The monoisotopic (exact) mass is 276 g/mol. The molecule has 3 heterocycles. The molecule has 21 heavy (non-hydrogen) atoms. The Hall–Kier alpha value is -2.79. The van der Waals surface area contributed by atoms with Gasteiger partial charge in [0.1, 0.15) is 6.10 Å². The highest BCUT2D eigenvalue weighted by Gasteiger charge is 2.16. The van der Waals surface area contributed by atoms with Gasteiger partial charge in [-0.15, -0.1) is 0 Å². The molecule has 1 atom stereocenters. The summed E-state index contributed by atoms with van der Waals surface area (Å²) in [5.74, 6) is 0. The molecule has 1 N–H and O–H groups in total. The second kappa shape index (κ2) is 4.64. The predicted octanol–water partition coefficient (Wildman–Crippen LogP) is 2.36. The van der Waals surface area contributed by atoms with Gasteiger partial charge in [-0.2, -0.15) is 5.10 Å². The second-order valence-corrected chi connectivity index (χ2v) is 4.87. The molecular formula is C16H12N4O. The maximum atomic E-state index is 10.6. The lowest BCUT2D eigenvalue weighted by Crippen LogP contribution is -2.00. The summed E-state index contributed by atoms with van der Waals surface area (Å²) in [6.45, 7) is 0. The van der Waals surface area contributed by atoms with Gasteiger partial charge in [0.25, 0.3) is 0 Å². The number of aliphatic hydroxyl groups is 1. The van der Waals surface area contributed by atoms with E-state index < -0.39 is 6.10 Å². The summed E-state index contributed by atoms with van der Waals surface area (Å²) in [7, 11) is 0. The standard InChI is InChI=1S/C16H12N4O/c21-16(13-9-19-20-6-5-17-10-15(13)20)12-7-11-3-1-2-4-14(11)18-8-12/h1-10,16,21H. The van der Waals surface area contributed by atoms with Crippen LogP contribution in [0.15, 0.2) is 61.3 Å². The van der Waals surface area contributed by atoms with E-state index in [0.717, 1.165) is 27.5 Å². The molecule has 4 aromatic rings. The van der Waals surface area contributed by atoms with Crippen LogP contribution in [-0.4, -0.2) is 24.7 Å². The van der Waals surface area contributed by atoms with Crippen molar-refractivity contribution in [2.24, 2.45) is 0 Å². The molecule has 0 radical (unpaired) electrons. The quantitative estimate of drug-likeness (QED) is 0.610. The summed E-state index contributed by atoms with van der Waals surface area (Å²) in [5, 5.41) is 15.8. The Morgan fingerprint density at radius 2 is 2.00 bits per heavy atom. The molecule has 0 aliphatic rings. The van der Waals surface area contributed by atoms with E-state index >= 15 is 0 Å². The van der Waals surface area contributed by atoms with Crippen LogP contribution in [0.3, 0.4) is 0 Å². The van der Waals surface area contributed by atoms with Gasteiger partial charge in [-0.25, -0.2) is 4.52 Å². The van der Waals surface area contributed by atoms with Gasteiger partial charge in [0.2, 0.25) is 0 Å². The molecule has 0 fully saturated rings. The number of aromatic nitrogens is 4. The average Bonchev–Trinajstić information content (AvgIpc) is 2.98. The molecule has 0 saturated carbocycles. The van der Waals surface area contributed by atoms with Crippen LogP contribution in [0, 0.1) is 0 Å².